The first kappa shape index (κ1) is 17.9. The second kappa shape index (κ2) is 7.76. The summed E-state index contributed by atoms with van der Waals surface area (Å²) in [5, 5.41) is 3.36. The topological polar surface area (TPSA) is 72.2 Å². The second-order valence-corrected chi connectivity index (χ2v) is 8.00. The summed E-state index contributed by atoms with van der Waals surface area (Å²) in [6.07, 6.45) is 7.64. The van der Waals surface area contributed by atoms with Crippen molar-refractivity contribution >= 4 is 29.1 Å². The Balaban J connectivity index is 0.00000200. The molecule has 2 aliphatic rings. The molecule has 3 unspecified atom stereocenters. The summed E-state index contributed by atoms with van der Waals surface area (Å²) >= 11 is 0. The summed E-state index contributed by atoms with van der Waals surface area (Å²) < 4.78 is 11.9. The van der Waals surface area contributed by atoms with Gasteiger partial charge >= 0.3 is 0 Å². The Morgan fingerprint density at radius 1 is 1.30 bits per heavy atom. The molecule has 2 rings (SSSR count). The molecule has 0 aromatic heterocycles. The van der Waals surface area contributed by atoms with Crippen LogP contribution in [0.1, 0.15) is 58.3 Å². The van der Waals surface area contributed by atoms with Crippen molar-refractivity contribution < 1.29 is 9.00 Å². The first-order valence-electron chi connectivity index (χ1n) is 7.52. The summed E-state index contributed by atoms with van der Waals surface area (Å²) in [6, 6.07) is 0.169. The van der Waals surface area contributed by atoms with Gasteiger partial charge in [-0.05, 0) is 32.1 Å². The molecule has 1 amide bonds. The predicted molar refractivity (Wildman–Crippen MR) is 85.5 cm³/mol. The number of hydrogen-bond donors (Lipinski definition) is 2. The highest BCUT2D eigenvalue weighted by atomic mass is 35.5. The molecule has 4 nitrogen and oxygen atoms in total. The largest absolute Gasteiger partial charge is 0.352 e. The molecule has 6 heteroatoms. The maximum atomic E-state index is 12.3. The molecule has 0 aliphatic heterocycles. The van der Waals surface area contributed by atoms with Crippen molar-refractivity contribution in [2.75, 3.05) is 5.75 Å². The van der Waals surface area contributed by atoms with Gasteiger partial charge in [-0.3, -0.25) is 9.00 Å². The van der Waals surface area contributed by atoms with Crippen LogP contribution in [0.3, 0.4) is 0 Å². The zero-order valence-corrected chi connectivity index (χ0v) is 13.9. The lowest BCUT2D eigenvalue weighted by atomic mass is 9.92. The van der Waals surface area contributed by atoms with E-state index in [1.807, 2.05) is 6.92 Å². The second-order valence-electron chi connectivity index (χ2n) is 5.99. The Labute approximate surface area is 130 Å². The van der Waals surface area contributed by atoms with Gasteiger partial charge in [-0.25, -0.2) is 0 Å². The standard InChI is InChI=1S/C14H26N2O2S.ClH/c1-2-19(18)12-7-5-6-11(10-12)16-13(17)14(15)8-3-4-9-14;/h11-12H,2-10,15H2,1H3,(H,16,17);1H. The summed E-state index contributed by atoms with van der Waals surface area (Å²) in [5.41, 5.74) is 5.53. The highest BCUT2D eigenvalue weighted by Gasteiger charge is 2.38. The van der Waals surface area contributed by atoms with Crippen LogP contribution in [0.2, 0.25) is 0 Å². The van der Waals surface area contributed by atoms with Gasteiger partial charge < -0.3 is 11.1 Å². The molecule has 3 N–H and O–H groups in total. The third-order valence-electron chi connectivity index (χ3n) is 4.57. The van der Waals surface area contributed by atoms with Gasteiger partial charge in [0.1, 0.15) is 0 Å². The lowest BCUT2D eigenvalue weighted by Gasteiger charge is -2.32. The smallest absolute Gasteiger partial charge is 0.240 e. The van der Waals surface area contributed by atoms with Gasteiger partial charge in [0.15, 0.2) is 0 Å². The number of amides is 1. The molecule has 0 bridgehead atoms. The summed E-state index contributed by atoms with van der Waals surface area (Å²) in [4.78, 5) is 12.3. The zero-order valence-electron chi connectivity index (χ0n) is 12.2. The van der Waals surface area contributed by atoms with E-state index in [-0.39, 0.29) is 29.6 Å². The summed E-state index contributed by atoms with van der Waals surface area (Å²) in [7, 11) is -0.744. The molecule has 2 saturated carbocycles. The van der Waals surface area contributed by atoms with Gasteiger partial charge in [0.25, 0.3) is 0 Å². The number of halogens is 1. The first-order chi connectivity index (χ1) is 9.05. The van der Waals surface area contributed by atoms with Crippen molar-refractivity contribution in [3.8, 4) is 0 Å². The predicted octanol–water partition coefficient (Wildman–Crippen LogP) is 1.88. The molecule has 20 heavy (non-hydrogen) atoms. The van der Waals surface area contributed by atoms with Crippen LogP contribution >= 0.6 is 12.4 Å². The molecule has 2 aliphatic carbocycles. The fourth-order valence-corrected chi connectivity index (χ4v) is 4.66. The number of nitrogens with two attached hydrogens (primary N) is 1. The van der Waals surface area contributed by atoms with Crippen LogP contribution in [0.4, 0.5) is 0 Å². The van der Waals surface area contributed by atoms with Crippen molar-refractivity contribution in [3.63, 3.8) is 0 Å². The molecule has 0 heterocycles. The Morgan fingerprint density at radius 3 is 2.55 bits per heavy atom. The average Bonchev–Trinajstić information content (AvgIpc) is 2.86. The highest BCUT2D eigenvalue weighted by molar-refractivity contribution is 7.85. The van der Waals surface area contributed by atoms with E-state index >= 15 is 0 Å². The zero-order chi connectivity index (χ0) is 13.9. The summed E-state index contributed by atoms with van der Waals surface area (Å²) in [6.45, 7) is 1.96. The number of hydrogen-bond acceptors (Lipinski definition) is 3. The SMILES string of the molecule is CCS(=O)C1CCCC(NC(=O)C2(N)CCCC2)C1.Cl. The van der Waals surface area contributed by atoms with Gasteiger partial charge in [-0.2, -0.15) is 0 Å². The Bertz CT molecular complexity index is 359. The number of carbonyl (C=O) groups excluding carboxylic acids is 1. The van der Waals surface area contributed by atoms with Crippen molar-refractivity contribution in [2.45, 2.75) is 75.1 Å². The average molecular weight is 323 g/mol. The van der Waals surface area contributed by atoms with Crippen molar-refractivity contribution in [3.05, 3.63) is 0 Å². The van der Waals surface area contributed by atoms with Crippen LogP contribution in [0, 0.1) is 0 Å². The van der Waals surface area contributed by atoms with Crippen LogP contribution in [-0.2, 0) is 15.6 Å². The van der Waals surface area contributed by atoms with E-state index in [2.05, 4.69) is 5.32 Å². The summed E-state index contributed by atoms with van der Waals surface area (Å²) in [5.74, 6) is 0.726. The van der Waals surface area contributed by atoms with Gasteiger partial charge in [0, 0.05) is 27.8 Å². The first-order valence-corrected chi connectivity index (χ1v) is 8.90. The minimum Gasteiger partial charge on any atom is -0.352 e. The number of carbonyl (C=O) groups is 1. The lowest BCUT2D eigenvalue weighted by molar-refractivity contribution is -0.127. The Kier molecular flexibility index (Phi) is 6.95. The lowest BCUT2D eigenvalue weighted by Crippen LogP contribution is -2.55. The van der Waals surface area contributed by atoms with E-state index in [1.165, 1.54) is 0 Å². The van der Waals surface area contributed by atoms with Gasteiger partial charge in [0.2, 0.25) is 5.91 Å². The van der Waals surface area contributed by atoms with Crippen molar-refractivity contribution in [1.82, 2.24) is 5.32 Å². The van der Waals surface area contributed by atoms with E-state index in [9.17, 15) is 9.00 Å². The molecular weight excluding hydrogens is 296 g/mol. The Hall–Kier alpha value is -0.130. The van der Waals surface area contributed by atoms with Crippen molar-refractivity contribution in [1.29, 1.82) is 0 Å². The molecule has 2 fully saturated rings. The maximum absolute atomic E-state index is 12.3. The van der Waals surface area contributed by atoms with Crippen molar-refractivity contribution in [2.24, 2.45) is 5.73 Å². The van der Waals surface area contributed by atoms with Crippen LogP contribution in [0.25, 0.3) is 0 Å². The molecular formula is C14H27ClN2O2S. The molecule has 0 aromatic carbocycles. The van der Waals surface area contributed by atoms with Crippen LogP contribution in [-0.4, -0.2) is 32.7 Å². The van der Waals surface area contributed by atoms with E-state index in [1.54, 1.807) is 0 Å². The molecule has 3 atom stereocenters. The quantitative estimate of drug-likeness (QED) is 0.830. The third-order valence-corrected chi connectivity index (χ3v) is 6.31. The number of nitrogens with one attached hydrogen (secondary N) is 1. The van der Waals surface area contributed by atoms with E-state index in [0.29, 0.717) is 5.75 Å². The van der Waals surface area contributed by atoms with E-state index in [4.69, 9.17) is 5.73 Å². The van der Waals surface area contributed by atoms with Crippen LogP contribution in [0.5, 0.6) is 0 Å². The monoisotopic (exact) mass is 322 g/mol. The fourth-order valence-electron chi connectivity index (χ4n) is 3.31. The van der Waals surface area contributed by atoms with Crippen LogP contribution in [0.15, 0.2) is 0 Å². The molecule has 0 radical (unpaired) electrons. The maximum Gasteiger partial charge on any atom is 0.240 e. The molecule has 0 spiro atoms. The number of rotatable bonds is 4. The van der Waals surface area contributed by atoms with E-state index in [0.717, 1.165) is 51.4 Å². The molecule has 0 saturated heterocycles. The minimum atomic E-state index is -0.744. The van der Waals surface area contributed by atoms with Gasteiger partial charge in [-0.15, -0.1) is 12.4 Å². The Morgan fingerprint density at radius 2 is 1.95 bits per heavy atom. The van der Waals surface area contributed by atoms with Gasteiger partial charge in [-0.1, -0.05) is 26.2 Å². The third kappa shape index (κ3) is 4.18. The van der Waals surface area contributed by atoms with E-state index < -0.39 is 16.3 Å². The molecule has 0 aromatic rings. The molecule has 118 valence electrons. The normalized spacial score (nSPS) is 30.3. The fraction of sp³-hybridized carbons (Fsp3) is 0.929. The van der Waals surface area contributed by atoms with Gasteiger partial charge in [0.05, 0.1) is 5.54 Å². The van der Waals surface area contributed by atoms with Crippen LogP contribution < -0.4 is 11.1 Å². The minimum absolute atomic E-state index is 0. The highest BCUT2D eigenvalue weighted by Crippen LogP contribution is 2.29.